The first-order valence-corrected chi connectivity index (χ1v) is 11.9. The van der Waals surface area contributed by atoms with Gasteiger partial charge in [0, 0.05) is 11.5 Å². The van der Waals surface area contributed by atoms with Crippen molar-refractivity contribution in [3.8, 4) is 5.75 Å². The molecule has 1 aliphatic heterocycles. The normalized spacial score (nSPS) is 18.1. The van der Waals surface area contributed by atoms with E-state index in [1.807, 2.05) is 6.08 Å². The first-order chi connectivity index (χ1) is 17.3. The highest BCUT2D eigenvalue weighted by Gasteiger charge is 2.38. The fourth-order valence-electron chi connectivity index (χ4n) is 4.04. The number of allylic oxidation sites excluding steroid dienone is 1. The number of ether oxygens (including phenoxy) is 3. The summed E-state index contributed by atoms with van der Waals surface area (Å²) >= 11 is 0. The van der Waals surface area contributed by atoms with Crippen molar-refractivity contribution in [2.75, 3.05) is 13.2 Å². The molecule has 0 bridgehead atoms. The molecule has 3 nitrogen and oxygen atoms in total. The minimum Gasteiger partial charge on any atom is -0.429 e. The minimum atomic E-state index is -3.87. The smallest absolute Gasteiger partial charge is 0.429 e. The van der Waals surface area contributed by atoms with Gasteiger partial charge >= 0.3 is 6.11 Å². The molecule has 0 radical (unpaired) electrons. The third-order valence-corrected chi connectivity index (χ3v) is 6.11. The maximum Gasteiger partial charge on any atom is 0.429 e. The minimum absolute atomic E-state index is 0.0847. The van der Waals surface area contributed by atoms with Gasteiger partial charge < -0.3 is 14.2 Å². The Morgan fingerprint density at radius 2 is 1.50 bits per heavy atom. The molecule has 0 atom stereocenters. The fraction of sp³-hybridized carbons (Fsp3) is 0.310. The van der Waals surface area contributed by atoms with E-state index < -0.39 is 23.8 Å². The SMILES string of the molecule is C=CCCC1COC(c2ccc(C(F)(F)Oc3ccc(CCc4ccc(F)cc4)cc3)c(F)c2)OC1. The van der Waals surface area contributed by atoms with Crippen LogP contribution in [0.1, 0.15) is 41.4 Å². The molecular weight excluding hydrogens is 472 g/mol. The van der Waals surface area contributed by atoms with Crippen molar-refractivity contribution in [2.45, 2.75) is 38.1 Å². The van der Waals surface area contributed by atoms with Crippen molar-refractivity contribution in [1.29, 1.82) is 0 Å². The first-order valence-electron chi connectivity index (χ1n) is 11.9. The quantitative estimate of drug-likeness (QED) is 0.213. The highest BCUT2D eigenvalue weighted by molar-refractivity contribution is 5.32. The van der Waals surface area contributed by atoms with Crippen LogP contribution in [-0.4, -0.2) is 13.2 Å². The van der Waals surface area contributed by atoms with Crippen LogP contribution in [-0.2, 0) is 28.4 Å². The Bertz CT molecular complexity index is 1140. The van der Waals surface area contributed by atoms with E-state index in [0.29, 0.717) is 31.6 Å². The number of alkyl halides is 2. The lowest BCUT2D eigenvalue weighted by molar-refractivity contribution is -0.206. The van der Waals surface area contributed by atoms with Gasteiger partial charge in [-0.25, -0.2) is 8.78 Å². The monoisotopic (exact) mass is 500 g/mol. The van der Waals surface area contributed by atoms with E-state index in [0.717, 1.165) is 36.1 Å². The van der Waals surface area contributed by atoms with Gasteiger partial charge in [0.2, 0.25) is 0 Å². The summed E-state index contributed by atoms with van der Waals surface area (Å²) in [6.07, 6.45) is 0.207. The van der Waals surface area contributed by atoms with Gasteiger partial charge in [-0.1, -0.05) is 36.4 Å². The number of benzene rings is 3. The lowest BCUT2D eigenvalue weighted by Gasteiger charge is -2.29. The van der Waals surface area contributed by atoms with Crippen LogP contribution < -0.4 is 4.74 Å². The van der Waals surface area contributed by atoms with Crippen LogP contribution >= 0.6 is 0 Å². The second-order valence-electron chi connectivity index (χ2n) is 8.86. The topological polar surface area (TPSA) is 27.7 Å². The standard InChI is InChI=1S/C29H28F4O3/c1-2-3-4-22-18-34-28(35-19-22)23-11-16-26(27(31)17-23)29(32,33)36-25-14-9-21(10-15-25)6-5-20-7-12-24(30)13-8-20/h2,7-17,22,28H,1,3-6,18-19H2. The number of hydrogen-bond donors (Lipinski definition) is 0. The van der Waals surface area contributed by atoms with Crippen LogP contribution in [0.25, 0.3) is 0 Å². The predicted octanol–water partition coefficient (Wildman–Crippen LogP) is 7.51. The Labute approximate surface area is 208 Å². The van der Waals surface area contributed by atoms with Crippen molar-refractivity contribution < 1.29 is 31.8 Å². The summed E-state index contributed by atoms with van der Waals surface area (Å²) in [4.78, 5) is 0. The molecule has 0 amide bonds. The Kier molecular flexibility index (Phi) is 8.44. The van der Waals surface area contributed by atoms with Crippen LogP contribution in [0.15, 0.2) is 79.4 Å². The zero-order chi connectivity index (χ0) is 25.5. The highest BCUT2D eigenvalue weighted by Crippen LogP contribution is 2.35. The molecule has 0 N–H and O–H groups in total. The fourth-order valence-corrected chi connectivity index (χ4v) is 4.04. The second-order valence-corrected chi connectivity index (χ2v) is 8.86. The third kappa shape index (κ3) is 6.74. The predicted molar refractivity (Wildman–Crippen MR) is 129 cm³/mol. The van der Waals surface area contributed by atoms with Crippen LogP contribution in [0.5, 0.6) is 5.75 Å². The molecular formula is C29H28F4O3. The molecule has 3 aromatic rings. The molecule has 36 heavy (non-hydrogen) atoms. The van der Waals surface area contributed by atoms with Crippen LogP contribution in [0.3, 0.4) is 0 Å². The molecule has 1 saturated heterocycles. The Balaban J connectivity index is 1.35. The van der Waals surface area contributed by atoms with Gasteiger partial charge in [-0.05, 0) is 73.2 Å². The molecule has 4 rings (SSSR count). The van der Waals surface area contributed by atoms with Crippen LogP contribution in [0.2, 0.25) is 0 Å². The first kappa shape index (κ1) is 25.9. The average molecular weight is 501 g/mol. The van der Waals surface area contributed by atoms with Gasteiger partial charge in [0.15, 0.2) is 6.29 Å². The number of rotatable bonds is 10. The molecule has 0 aromatic heterocycles. The van der Waals surface area contributed by atoms with E-state index in [9.17, 15) is 17.6 Å². The lowest BCUT2D eigenvalue weighted by Crippen LogP contribution is -2.27. The molecule has 0 spiro atoms. The summed E-state index contributed by atoms with van der Waals surface area (Å²) in [5.41, 5.74) is 1.34. The van der Waals surface area contributed by atoms with Gasteiger partial charge in [0.1, 0.15) is 17.4 Å². The largest absolute Gasteiger partial charge is 0.429 e. The van der Waals surface area contributed by atoms with E-state index in [1.54, 1.807) is 24.3 Å². The molecule has 0 unspecified atom stereocenters. The second kappa shape index (κ2) is 11.7. The van der Waals surface area contributed by atoms with Crippen molar-refractivity contribution in [2.24, 2.45) is 5.92 Å². The number of halogens is 4. The molecule has 0 aliphatic carbocycles. The Morgan fingerprint density at radius 1 is 0.889 bits per heavy atom. The molecule has 1 aliphatic rings. The van der Waals surface area contributed by atoms with E-state index in [2.05, 4.69) is 6.58 Å². The molecule has 7 heteroatoms. The van der Waals surface area contributed by atoms with E-state index in [4.69, 9.17) is 14.2 Å². The van der Waals surface area contributed by atoms with Gasteiger partial charge in [0.05, 0.1) is 18.8 Å². The zero-order valence-electron chi connectivity index (χ0n) is 19.8. The Hall–Kier alpha value is -3.16. The van der Waals surface area contributed by atoms with E-state index in [1.165, 1.54) is 30.3 Å². The lowest BCUT2D eigenvalue weighted by atomic mass is 10.0. The zero-order valence-corrected chi connectivity index (χ0v) is 19.8. The summed E-state index contributed by atoms with van der Waals surface area (Å²) in [7, 11) is 0. The van der Waals surface area contributed by atoms with E-state index >= 15 is 0 Å². The van der Waals surface area contributed by atoms with Gasteiger partial charge in [-0.2, -0.15) is 8.78 Å². The molecule has 1 fully saturated rings. The van der Waals surface area contributed by atoms with E-state index in [-0.39, 0.29) is 17.5 Å². The van der Waals surface area contributed by atoms with Crippen molar-refractivity contribution in [1.82, 2.24) is 0 Å². The average Bonchev–Trinajstić information content (AvgIpc) is 2.88. The molecule has 0 saturated carbocycles. The van der Waals surface area contributed by atoms with Gasteiger partial charge in [-0.15, -0.1) is 6.58 Å². The maximum absolute atomic E-state index is 14.8. The van der Waals surface area contributed by atoms with Gasteiger partial charge in [-0.3, -0.25) is 0 Å². The van der Waals surface area contributed by atoms with Crippen molar-refractivity contribution in [3.05, 3.63) is 113 Å². The number of aryl methyl sites for hydroxylation is 2. The van der Waals surface area contributed by atoms with Crippen molar-refractivity contribution >= 4 is 0 Å². The van der Waals surface area contributed by atoms with Crippen molar-refractivity contribution in [3.63, 3.8) is 0 Å². The number of hydrogen-bond acceptors (Lipinski definition) is 3. The molecule has 1 heterocycles. The van der Waals surface area contributed by atoms with Crippen LogP contribution in [0.4, 0.5) is 17.6 Å². The summed E-state index contributed by atoms with van der Waals surface area (Å²) in [6, 6.07) is 15.8. The van der Waals surface area contributed by atoms with Gasteiger partial charge in [0.25, 0.3) is 0 Å². The maximum atomic E-state index is 14.8. The summed E-state index contributed by atoms with van der Waals surface area (Å²) < 4.78 is 73.4. The third-order valence-electron chi connectivity index (χ3n) is 6.11. The van der Waals surface area contributed by atoms with Crippen LogP contribution in [0, 0.1) is 17.6 Å². The molecule has 3 aromatic carbocycles. The summed E-state index contributed by atoms with van der Waals surface area (Å²) in [5.74, 6) is -1.26. The summed E-state index contributed by atoms with van der Waals surface area (Å²) in [5, 5.41) is 0. The molecule has 190 valence electrons. The summed E-state index contributed by atoms with van der Waals surface area (Å²) in [6.45, 7) is 4.58. The Morgan fingerprint density at radius 3 is 2.08 bits per heavy atom. The highest BCUT2D eigenvalue weighted by atomic mass is 19.3.